The lowest BCUT2D eigenvalue weighted by Crippen LogP contribution is -2.49. The Hall–Kier alpha value is -1.62. The molecule has 0 aromatic heterocycles. The average molecular weight is 265 g/mol. The summed E-state index contributed by atoms with van der Waals surface area (Å²) in [6.45, 7) is 5.13. The smallest absolute Gasteiger partial charge is 0.223 e. The summed E-state index contributed by atoms with van der Waals surface area (Å²) in [5, 5.41) is 0. The predicted octanol–water partition coefficient (Wildman–Crippen LogP) is 1.13. The van der Waals surface area contributed by atoms with Crippen LogP contribution in [0.25, 0.3) is 0 Å². The first kappa shape index (κ1) is 13.8. The molecule has 1 aromatic carbocycles. The molecular formula is C14H20FN3O. The second kappa shape index (κ2) is 6.02. The molecule has 1 aromatic rings. The van der Waals surface area contributed by atoms with Gasteiger partial charge in [0.25, 0.3) is 0 Å². The Morgan fingerprint density at radius 1 is 1.32 bits per heavy atom. The third-order valence-corrected chi connectivity index (χ3v) is 3.50. The van der Waals surface area contributed by atoms with Gasteiger partial charge in [-0.2, -0.15) is 0 Å². The van der Waals surface area contributed by atoms with Crippen molar-refractivity contribution in [3.8, 4) is 0 Å². The van der Waals surface area contributed by atoms with Gasteiger partial charge in [-0.25, -0.2) is 4.39 Å². The fraction of sp³-hybridized carbons (Fsp3) is 0.500. The minimum absolute atomic E-state index is 0.123. The lowest BCUT2D eigenvalue weighted by atomic mass is 10.1. The minimum Gasteiger partial charge on any atom is -0.368 e. The molecule has 2 N–H and O–H groups in total. The van der Waals surface area contributed by atoms with Gasteiger partial charge in [-0.3, -0.25) is 4.79 Å². The van der Waals surface area contributed by atoms with E-state index in [9.17, 15) is 9.18 Å². The molecule has 1 aliphatic rings. The van der Waals surface area contributed by atoms with Crippen molar-refractivity contribution < 1.29 is 9.18 Å². The summed E-state index contributed by atoms with van der Waals surface area (Å²) in [6, 6.07) is 5.14. The predicted molar refractivity (Wildman–Crippen MR) is 73.6 cm³/mol. The Morgan fingerprint density at radius 3 is 2.58 bits per heavy atom. The Morgan fingerprint density at radius 2 is 2.00 bits per heavy atom. The van der Waals surface area contributed by atoms with Crippen LogP contribution in [0.2, 0.25) is 0 Å². The van der Waals surface area contributed by atoms with Crippen molar-refractivity contribution in [2.24, 2.45) is 5.73 Å². The molecule has 1 saturated heterocycles. The Kier molecular flexibility index (Phi) is 4.37. The zero-order valence-corrected chi connectivity index (χ0v) is 11.2. The van der Waals surface area contributed by atoms with Crippen molar-refractivity contribution in [3.05, 3.63) is 29.6 Å². The summed E-state index contributed by atoms with van der Waals surface area (Å²) in [4.78, 5) is 15.7. The molecule has 1 amide bonds. The number of piperazine rings is 1. The van der Waals surface area contributed by atoms with Crippen molar-refractivity contribution in [2.75, 3.05) is 37.6 Å². The van der Waals surface area contributed by atoms with Gasteiger partial charge in [0.2, 0.25) is 5.91 Å². The second-order valence-electron chi connectivity index (χ2n) is 4.84. The first-order valence-electron chi connectivity index (χ1n) is 6.61. The van der Waals surface area contributed by atoms with Crippen LogP contribution in [-0.4, -0.2) is 43.5 Å². The van der Waals surface area contributed by atoms with Gasteiger partial charge >= 0.3 is 0 Å². The fourth-order valence-corrected chi connectivity index (χ4v) is 2.32. The molecule has 0 unspecified atom stereocenters. The SMILES string of the molecule is Cc1cc(N2CCN(C(=O)CCN)CC2)ccc1F. The number of carbonyl (C=O) groups excluding carboxylic acids is 1. The topological polar surface area (TPSA) is 49.6 Å². The normalized spacial score (nSPS) is 15.7. The Bertz CT molecular complexity index is 456. The molecule has 2 rings (SSSR count). The number of rotatable bonds is 3. The van der Waals surface area contributed by atoms with Crippen LogP contribution in [0.15, 0.2) is 18.2 Å². The average Bonchev–Trinajstić information content (AvgIpc) is 2.42. The molecule has 4 nitrogen and oxygen atoms in total. The highest BCUT2D eigenvalue weighted by molar-refractivity contribution is 5.76. The van der Waals surface area contributed by atoms with Gasteiger partial charge in [0, 0.05) is 44.8 Å². The van der Waals surface area contributed by atoms with E-state index in [0.717, 1.165) is 18.8 Å². The molecule has 0 atom stereocenters. The molecule has 1 fully saturated rings. The highest BCUT2D eigenvalue weighted by Crippen LogP contribution is 2.20. The van der Waals surface area contributed by atoms with Crippen LogP contribution in [0.1, 0.15) is 12.0 Å². The summed E-state index contributed by atoms with van der Waals surface area (Å²) < 4.78 is 13.2. The van der Waals surface area contributed by atoms with Crippen LogP contribution in [-0.2, 0) is 4.79 Å². The summed E-state index contributed by atoms with van der Waals surface area (Å²) >= 11 is 0. The van der Waals surface area contributed by atoms with Crippen LogP contribution in [0.4, 0.5) is 10.1 Å². The van der Waals surface area contributed by atoms with Crippen LogP contribution in [0.3, 0.4) is 0 Å². The van der Waals surface area contributed by atoms with E-state index < -0.39 is 0 Å². The number of nitrogens with two attached hydrogens (primary N) is 1. The number of hydrogen-bond acceptors (Lipinski definition) is 3. The number of aryl methyl sites for hydroxylation is 1. The summed E-state index contributed by atoms with van der Waals surface area (Å²) in [5.41, 5.74) is 7.06. The zero-order valence-electron chi connectivity index (χ0n) is 11.2. The molecular weight excluding hydrogens is 245 g/mol. The highest BCUT2D eigenvalue weighted by atomic mass is 19.1. The monoisotopic (exact) mass is 265 g/mol. The van der Waals surface area contributed by atoms with Gasteiger partial charge < -0.3 is 15.5 Å². The summed E-state index contributed by atoms with van der Waals surface area (Å²) in [7, 11) is 0. The fourth-order valence-electron chi connectivity index (χ4n) is 2.32. The number of carbonyl (C=O) groups is 1. The molecule has 0 bridgehead atoms. The number of halogens is 1. The molecule has 5 heteroatoms. The summed E-state index contributed by atoms with van der Waals surface area (Å²) in [5.74, 6) is -0.0575. The van der Waals surface area contributed by atoms with E-state index in [0.29, 0.717) is 31.6 Å². The number of hydrogen-bond donors (Lipinski definition) is 1. The molecule has 0 aliphatic carbocycles. The zero-order chi connectivity index (χ0) is 13.8. The van der Waals surface area contributed by atoms with Gasteiger partial charge in [0.1, 0.15) is 5.82 Å². The van der Waals surface area contributed by atoms with Gasteiger partial charge in [-0.1, -0.05) is 0 Å². The van der Waals surface area contributed by atoms with Gasteiger partial charge in [-0.15, -0.1) is 0 Å². The molecule has 0 saturated carbocycles. The Balaban J connectivity index is 1.96. The van der Waals surface area contributed by atoms with Crippen LogP contribution in [0, 0.1) is 12.7 Å². The first-order valence-corrected chi connectivity index (χ1v) is 6.61. The van der Waals surface area contributed by atoms with E-state index in [1.54, 1.807) is 13.0 Å². The molecule has 104 valence electrons. The van der Waals surface area contributed by atoms with Crippen molar-refractivity contribution in [1.82, 2.24) is 4.90 Å². The molecule has 1 aliphatic heterocycles. The van der Waals surface area contributed by atoms with Crippen molar-refractivity contribution >= 4 is 11.6 Å². The van der Waals surface area contributed by atoms with E-state index >= 15 is 0 Å². The standard InChI is InChI=1S/C14H20FN3O/c1-11-10-12(2-3-13(11)15)17-6-8-18(9-7-17)14(19)4-5-16/h2-3,10H,4-9,16H2,1H3. The molecule has 0 spiro atoms. The second-order valence-corrected chi connectivity index (χ2v) is 4.84. The number of anilines is 1. The molecule has 0 radical (unpaired) electrons. The van der Waals surface area contributed by atoms with Crippen LogP contribution < -0.4 is 10.6 Å². The van der Waals surface area contributed by atoms with Crippen LogP contribution >= 0.6 is 0 Å². The lowest BCUT2D eigenvalue weighted by Gasteiger charge is -2.36. The summed E-state index contributed by atoms with van der Waals surface area (Å²) in [6.07, 6.45) is 0.412. The maximum atomic E-state index is 13.2. The maximum Gasteiger partial charge on any atom is 0.223 e. The van der Waals surface area contributed by atoms with E-state index in [-0.39, 0.29) is 11.7 Å². The third-order valence-electron chi connectivity index (χ3n) is 3.50. The Labute approximate surface area is 113 Å². The van der Waals surface area contributed by atoms with E-state index in [2.05, 4.69) is 4.90 Å². The number of benzene rings is 1. The van der Waals surface area contributed by atoms with Crippen molar-refractivity contribution in [3.63, 3.8) is 0 Å². The lowest BCUT2D eigenvalue weighted by molar-refractivity contribution is -0.131. The highest BCUT2D eigenvalue weighted by Gasteiger charge is 2.20. The number of nitrogens with zero attached hydrogens (tertiary/aromatic N) is 2. The maximum absolute atomic E-state index is 13.2. The third kappa shape index (κ3) is 3.23. The van der Waals surface area contributed by atoms with Gasteiger partial charge in [0.05, 0.1) is 0 Å². The van der Waals surface area contributed by atoms with Gasteiger partial charge in [0.15, 0.2) is 0 Å². The quantitative estimate of drug-likeness (QED) is 0.891. The largest absolute Gasteiger partial charge is 0.368 e. The van der Waals surface area contributed by atoms with Crippen LogP contribution in [0.5, 0.6) is 0 Å². The first-order chi connectivity index (χ1) is 9.11. The molecule has 1 heterocycles. The van der Waals surface area contributed by atoms with Crippen molar-refractivity contribution in [2.45, 2.75) is 13.3 Å². The van der Waals surface area contributed by atoms with E-state index in [1.807, 2.05) is 11.0 Å². The van der Waals surface area contributed by atoms with E-state index in [4.69, 9.17) is 5.73 Å². The van der Waals surface area contributed by atoms with E-state index in [1.165, 1.54) is 6.07 Å². The van der Waals surface area contributed by atoms with Crippen molar-refractivity contribution in [1.29, 1.82) is 0 Å². The van der Waals surface area contributed by atoms with Gasteiger partial charge in [-0.05, 0) is 30.7 Å². The minimum atomic E-state index is -0.180. The number of amides is 1. The molecule has 19 heavy (non-hydrogen) atoms.